The molecule has 0 aliphatic rings. The van der Waals surface area contributed by atoms with Gasteiger partial charge in [-0.3, -0.25) is 9.59 Å². The van der Waals surface area contributed by atoms with Crippen LogP contribution in [0.5, 0.6) is 0 Å². The van der Waals surface area contributed by atoms with Crippen LogP contribution in [-0.2, 0) is 9.59 Å². The fourth-order valence-electron chi connectivity index (χ4n) is 7.67. The van der Waals surface area contributed by atoms with E-state index in [0.717, 1.165) is 57.5 Å². The van der Waals surface area contributed by atoms with Gasteiger partial charge in [-0.2, -0.15) is 0 Å². The Kier molecular flexibility index (Phi) is 19.3. The maximum Gasteiger partial charge on any atom is 0.258 e. The predicted molar refractivity (Wildman–Crippen MR) is 235 cm³/mol. The first-order chi connectivity index (χ1) is 26.0. The van der Waals surface area contributed by atoms with E-state index in [-0.39, 0.29) is 11.8 Å². The van der Waals surface area contributed by atoms with E-state index in [1.54, 1.807) is 0 Å². The lowest BCUT2D eigenvalue weighted by Gasteiger charge is -2.30. The van der Waals surface area contributed by atoms with Gasteiger partial charge < -0.3 is 10.6 Å². The first kappa shape index (κ1) is 42.4. The Morgan fingerprint density at radius 1 is 0.396 bits per heavy atom. The Morgan fingerprint density at radius 3 is 0.981 bits per heavy atom. The van der Waals surface area contributed by atoms with Crippen molar-refractivity contribution in [3.8, 4) is 0 Å². The lowest BCUT2D eigenvalue weighted by Crippen LogP contribution is -2.38. The normalized spacial score (nSPS) is 11.7. The highest BCUT2D eigenvalue weighted by atomic mass is 31.2. The number of amides is 2. The summed E-state index contributed by atoms with van der Waals surface area (Å²) in [6.07, 6.45) is 18.2. The van der Waals surface area contributed by atoms with Crippen molar-refractivity contribution in [3.63, 3.8) is 0 Å². The molecule has 0 heterocycles. The minimum atomic E-state index is -2.16. The fraction of sp³-hybridized carbons (Fsp3) is 0.447. The first-order valence-corrected chi connectivity index (χ1v) is 24.9. The van der Waals surface area contributed by atoms with E-state index in [9.17, 15) is 9.59 Å². The molecule has 0 aliphatic carbocycles. The van der Waals surface area contributed by atoms with E-state index >= 15 is 0 Å². The minimum Gasteiger partial charge on any atom is -0.353 e. The molecule has 4 aromatic carbocycles. The van der Waals surface area contributed by atoms with Crippen LogP contribution >= 0.6 is 14.5 Å². The van der Waals surface area contributed by atoms with Gasteiger partial charge in [-0.1, -0.05) is 151 Å². The molecule has 0 unspecified atom stereocenters. The van der Waals surface area contributed by atoms with Crippen molar-refractivity contribution in [1.82, 2.24) is 10.6 Å². The zero-order chi connectivity index (χ0) is 37.5. The van der Waals surface area contributed by atoms with Crippen LogP contribution in [0.1, 0.15) is 97.3 Å². The maximum atomic E-state index is 14.0. The fourth-order valence-corrected chi connectivity index (χ4v) is 16.2. The number of hydrogen-bond donors (Lipinski definition) is 2. The standard InChI is InChI=1S/C47H64N2O2P2/c1-3-5-7-9-11-25-36-48-46(50)40-52(42-28-17-13-18-29-42,43-30-19-14-20-31-43)38-27-39-53(44-32-21-15-22-33-44,45-34-23-16-24-35-45)41-47(51)49-37-26-12-10-8-6-4-2/h13-24,28-35H,3-12,25-27,36-41H2,1-2H3/p+2. The number of rotatable bonds is 26. The molecule has 284 valence electrons. The molecule has 53 heavy (non-hydrogen) atoms. The molecule has 0 saturated carbocycles. The topological polar surface area (TPSA) is 58.2 Å². The van der Waals surface area contributed by atoms with E-state index in [1.807, 2.05) is 0 Å². The molecule has 0 atom stereocenters. The third-order valence-electron chi connectivity index (χ3n) is 10.6. The second-order valence-electron chi connectivity index (χ2n) is 14.6. The van der Waals surface area contributed by atoms with Gasteiger partial charge in [-0.05, 0) is 61.4 Å². The van der Waals surface area contributed by atoms with Crippen molar-refractivity contribution in [2.75, 3.05) is 37.7 Å². The molecule has 6 heteroatoms. The summed E-state index contributed by atoms with van der Waals surface area (Å²) < 4.78 is 0. The second kappa shape index (κ2) is 24.2. The predicted octanol–water partition coefficient (Wildman–Crippen LogP) is 9.67. The molecule has 0 aliphatic heterocycles. The summed E-state index contributed by atoms with van der Waals surface area (Å²) in [5.41, 5.74) is 0. The second-order valence-corrected chi connectivity index (χ2v) is 22.1. The highest BCUT2D eigenvalue weighted by molar-refractivity contribution is 7.91. The van der Waals surface area contributed by atoms with Crippen molar-refractivity contribution in [1.29, 1.82) is 0 Å². The smallest absolute Gasteiger partial charge is 0.258 e. The summed E-state index contributed by atoms with van der Waals surface area (Å²) in [5.74, 6) is 0.307. The van der Waals surface area contributed by atoms with Crippen LogP contribution in [0.3, 0.4) is 0 Å². The van der Waals surface area contributed by atoms with Gasteiger partial charge in [0.05, 0.1) is 48.1 Å². The molecule has 0 aromatic heterocycles. The summed E-state index contributed by atoms with van der Waals surface area (Å²) in [6.45, 7) is 5.96. The number of benzene rings is 4. The van der Waals surface area contributed by atoms with Crippen LogP contribution in [-0.4, -0.2) is 49.6 Å². The van der Waals surface area contributed by atoms with Gasteiger partial charge in [0, 0.05) is 19.5 Å². The summed E-state index contributed by atoms with van der Waals surface area (Å²) in [5, 5.41) is 11.8. The molecule has 0 bridgehead atoms. The monoisotopic (exact) mass is 752 g/mol. The summed E-state index contributed by atoms with van der Waals surface area (Å²) in [7, 11) is -4.32. The third-order valence-corrected chi connectivity index (χ3v) is 19.6. The zero-order valence-electron chi connectivity index (χ0n) is 32.7. The quantitative estimate of drug-likeness (QED) is 0.0496. The number of carbonyl (C=O) groups excluding carboxylic acids is 2. The van der Waals surface area contributed by atoms with Gasteiger partial charge in [-0.25, -0.2) is 0 Å². The zero-order valence-corrected chi connectivity index (χ0v) is 34.5. The molecule has 0 fully saturated rings. The number of nitrogens with one attached hydrogen (secondary N) is 2. The molecule has 4 aromatic rings. The molecule has 0 spiro atoms. The largest absolute Gasteiger partial charge is 0.353 e. The van der Waals surface area contributed by atoms with Gasteiger partial charge >= 0.3 is 0 Å². The van der Waals surface area contributed by atoms with Crippen molar-refractivity contribution in [3.05, 3.63) is 121 Å². The number of hydrogen-bond acceptors (Lipinski definition) is 2. The van der Waals surface area contributed by atoms with Crippen LogP contribution in [0.15, 0.2) is 121 Å². The summed E-state index contributed by atoms with van der Waals surface area (Å²) in [6, 6.07) is 43.3. The molecule has 4 nitrogen and oxygen atoms in total. The van der Waals surface area contributed by atoms with Gasteiger partial charge in [0.25, 0.3) is 11.8 Å². The Balaban J connectivity index is 1.61. The maximum absolute atomic E-state index is 14.0. The van der Waals surface area contributed by atoms with Gasteiger partial charge in [-0.15, -0.1) is 0 Å². The van der Waals surface area contributed by atoms with Gasteiger partial charge in [0.1, 0.15) is 12.3 Å². The van der Waals surface area contributed by atoms with E-state index in [0.29, 0.717) is 12.3 Å². The lowest BCUT2D eigenvalue weighted by atomic mass is 10.1. The van der Waals surface area contributed by atoms with Crippen LogP contribution in [0, 0.1) is 0 Å². The van der Waals surface area contributed by atoms with Crippen LogP contribution in [0.2, 0.25) is 0 Å². The van der Waals surface area contributed by atoms with Crippen LogP contribution in [0.4, 0.5) is 0 Å². The molecule has 2 amide bonds. The summed E-state index contributed by atoms with van der Waals surface area (Å²) in [4.78, 5) is 27.9. The Labute approximate surface area is 323 Å². The van der Waals surface area contributed by atoms with Crippen LogP contribution in [0.25, 0.3) is 0 Å². The molecule has 2 N–H and O–H groups in total. The van der Waals surface area contributed by atoms with E-state index in [1.165, 1.54) is 72.6 Å². The van der Waals surface area contributed by atoms with E-state index in [4.69, 9.17) is 0 Å². The van der Waals surface area contributed by atoms with Gasteiger partial charge in [0.15, 0.2) is 0 Å². The van der Waals surface area contributed by atoms with E-state index in [2.05, 4.69) is 146 Å². The SMILES string of the molecule is CCCCCCCCNC(=O)C[P+](CCC[P+](CC(=O)NCCCCCCCC)(c1ccccc1)c1ccccc1)(c1ccccc1)c1ccccc1. The Morgan fingerprint density at radius 2 is 0.679 bits per heavy atom. The van der Waals surface area contributed by atoms with Crippen molar-refractivity contribution < 1.29 is 9.59 Å². The van der Waals surface area contributed by atoms with Crippen molar-refractivity contribution in [2.45, 2.75) is 97.3 Å². The highest BCUT2D eigenvalue weighted by Crippen LogP contribution is 2.61. The van der Waals surface area contributed by atoms with Crippen molar-refractivity contribution >= 4 is 47.6 Å². The van der Waals surface area contributed by atoms with Gasteiger partial charge in [0.2, 0.25) is 0 Å². The molecular weight excluding hydrogens is 686 g/mol. The molecule has 0 saturated heterocycles. The average molecular weight is 753 g/mol. The highest BCUT2D eigenvalue weighted by Gasteiger charge is 2.48. The average Bonchev–Trinajstić information content (AvgIpc) is 3.20. The lowest BCUT2D eigenvalue weighted by molar-refractivity contribution is -0.119. The third kappa shape index (κ3) is 13.5. The first-order valence-electron chi connectivity index (χ1n) is 20.5. The van der Waals surface area contributed by atoms with E-state index < -0.39 is 14.5 Å². The molecule has 0 radical (unpaired) electrons. The Hall–Kier alpha value is -3.32. The number of carbonyl (C=O) groups is 2. The van der Waals surface area contributed by atoms with Crippen molar-refractivity contribution in [2.24, 2.45) is 0 Å². The molecular formula is C47H66N2O2P2+2. The molecule has 4 rings (SSSR count). The Bertz CT molecular complexity index is 1370. The minimum absolute atomic E-state index is 0.154. The van der Waals surface area contributed by atoms with Crippen LogP contribution < -0.4 is 31.9 Å². The number of unbranched alkanes of at least 4 members (excludes halogenated alkanes) is 10. The summed E-state index contributed by atoms with van der Waals surface area (Å²) >= 11 is 0.